The molecule has 1 aliphatic rings. The van der Waals surface area contributed by atoms with Crippen LogP contribution in [0.2, 0.25) is 0 Å². The van der Waals surface area contributed by atoms with Crippen LogP contribution in [0, 0.1) is 0 Å². The van der Waals surface area contributed by atoms with Crippen LogP contribution in [0.15, 0.2) is 76.1 Å². The Morgan fingerprint density at radius 1 is 1.06 bits per heavy atom. The molecule has 0 aliphatic carbocycles. The Balaban J connectivity index is 1.39. The molecule has 1 N–H and O–H groups in total. The highest BCUT2D eigenvalue weighted by Crippen LogP contribution is 2.34. The first kappa shape index (κ1) is 23.1. The fourth-order valence-electron chi connectivity index (χ4n) is 3.78. The minimum absolute atomic E-state index is 0.0435. The number of halogens is 1. The van der Waals surface area contributed by atoms with Gasteiger partial charge in [0.1, 0.15) is 11.5 Å². The third kappa shape index (κ3) is 5.15. The van der Waals surface area contributed by atoms with Crippen LogP contribution >= 0.6 is 15.9 Å². The minimum atomic E-state index is -3.76. The number of hydrogen-bond acceptors (Lipinski definition) is 5. The van der Waals surface area contributed by atoms with E-state index >= 15 is 0 Å². The zero-order valence-electron chi connectivity index (χ0n) is 18.1. The Morgan fingerprint density at radius 2 is 1.73 bits per heavy atom. The normalized spacial score (nSPS) is 15.1. The Labute approximate surface area is 201 Å². The number of methoxy groups -OCH3 is 1. The SMILES string of the molecule is COc1ccc(NS(=O)(=O)c2ccc(OCC(=O)N3c4ccc(Br)cc4C[C@H]3C)cc2)cc1. The number of carbonyl (C=O) groups is 1. The number of sulfonamides is 1. The van der Waals surface area contributed by atoms with Gasteiger partial charge in [-0.2, -0.15) is 0 Å². The van der Waals surface area contributed by atoms with Gasteiger partial charge in [-0.25, -0.2) is 8.42 Å². The second-order valence-corrected chi connectivity index (χ2v) is 10.3. The molecule has 7 nitrogen and oxygen atoms in total. The van der Waals surface area contributed by atoms with Gasteiger partial charge >= 0.3 is 0 Å². The van der Waals surface area contributed by atoms with Crippen LogP contribution in [-0.4, -0.2) is 34.1 Å². The maximum Gasteiger partial charge on any atom is 0.265 e. The standard InChI is InChI=1S/C24H23BrN2O5S/c1-16-13-17-14-18(25)3-12-23(17)27(16)24(28)15-32-21-8-10-22(11-9-21)33(29,30)26-19-4-6-20(31-2)7-5-19/h3-12,14,16,26H,13,15H2,1-2H3/t16-/m1/s1. The number of fused-ring (bicyclic) bond motifs is 1. The summed E-state index contributed by atoms with van der Waals surface area (Å²) in [6.45, 7) is 1.86. The second-order valence-electron chi connectivity index (χ2n) is 7.68. The molecule has 0 saturated carbocycles. The summed E-state index contributed by atoms with van der Waals surface area (Å²) >= 11 is 3.47. The van der Waals surface area contributed by atoms with Crippen molar-refractivity contribution < 1.29 is 22.7 Å². The van der Waals surface area contributed by atoms with E-state index in [0.29, 0.717) is 17.2 Å². The lowest BCUT2D eigenvalue weighted by Gasteiger charge is -2.22. The highest BCUT2D eigenvalue weighted by atomic mass is 79.9. The lowest BCUT2D eigenvalue weighted by Crippen LogP contribution is -2.39. The van der Waals surface area contributed by atoms with Crippen LogP contribution in [0.1, 0.15) is 12.5 Å². The van der Waals surface area contributed by atoms with Crippen LogP contribution in [-0.2, 0) is 21.2 Å². The average Bonchev–Trinajstić information content (AvgIpc) is 3.12. The monoisotopic (exact) mass is 530 g/mol. The first-order valence-electron chi connectivity index (χ1n) is 10.3. The molecule has 33 heavy (non-hydrogen) atoms. The number of hydrogen-bond donors (Lipinski definition) is 1. The number of ether oxygens (including phenoxy) is 2. The van der Waals surface area contributed by atoms with Gasteiger partial charge in [-0.05, 0) is 85.6 Å². The molecule has 9 heteroatoms. The highest BCUT2D eigenvalue weighted by Gasteiger charge is 2.31. The van der Waals surface area contributed by atoms with Crippen LogP contribution in [0.5, 0.6) is 11.5 Å². The molecule has 0 radical (unpaired) electrons. The summed E-state index contributed by atoms with van der Waals surface area (Å²) in [4.78, 5) is 14.7. The smallest absolute Gasteiger partial charge is 0.265 e. The molecule has 1 heterocycles. The van der Waals surface area contributed by atoms with Gasteiger partial charge < -0.3 is 14.4 Å². The highest BCUT2D eigenvalue weighted by molar-refractivity contribution is 9.10. The van der Waals surface area contributed by atoms with Crippen LogP contribution in [0.4, 0.5) is 11.4 Å². The van der Waals surface area contributed by atoms with Crippen LogP contribution in [0.25, 0.3) is 0 Å². The topological polar surface area (TPSA) is 84.9 Å². The van der Waals surface area contributed by atoms with Gasteiger partial charge in [0.05, 0.1) is 12.0 Å². The summed E-state index contributed by atoms with van der Waals surface area (Å²) in [7, 11) is -2.22. The first-order chi connectivity index (χ1) is 15.8. The van der Waals surface area contributed by atoms with Crippen LogP contribution in [0.3, 0.4) is 0 Å². The molecular weight excluding hydrogens is 508 g/mol. The van der Waals surface area contributed by atoms with Gasteiger partial charge in [0, 0.05) is 21.9 Å². The molecule has 0 aromatic heterocycles. The molecular formula is C24H23BrN2O5S. The zero-order chi connectivity index (χ0) is 23.6. The Kier molecular flexibility index (Phi) is 6.62. The van der Waals surface area contributed by atoms with E-state index in [9.17, 15) is 13.2 Å². The van der Waals surface area contributed by atoms with Crippen molar-refractivity contribution in [1.29, 1.82) is 0 Å². The number of nitrogens with one attached hydrogen (secondary N) is 1. The molecule has 172 valence electrons. The van der Waals surface area contributed by atoms with Crippen molar-refractivity contribution in [2.24, 2.45) is 0 Å². The summed E-state index contributed by atoms with van der Waals surface area (Å²) in [6.07, 6.45) is 0.786. The van der Waals surface area contributed by atoms with E-state index in [1.807, 2.05) is 25.1 Å². The van der Waals surface area contributed by atoms with Gasteiger partial charge in [-0.15, -0.1) is 0 Å². The van der Waals surface area contributed by atoms with Crippen molar-refractivity contribution in [2.45, 2.75) is 24.3 Å². The van der Waals surface area contributed by atoms with Gasteiger partial charge in [0.2, 0.25) is 0 Å². The lowest BCUT2D eigenvalue weighted by atomic mass is 10.1. The third-order valence-corrected chi connectivity index (χ3v) is 7.25. The van der Waals surface area contributed by atoms with E-state index in [0.717, 1.165) is 22.1 Å². The molecule has 4 rings (SSSR count). The van der Waals surface area contributed by atoms with E-state index in [1.54, 1.807) is 36.3 Å². The fourth-order valence-corrected chi connectivity index (χ4v) is 5.25. The van der Waals surface area contributed by atoms with Gasteiger partial charge in [0.15, 0.2) is 6.61 Å². The van der Waals surface area contributed by atoms with E-state index < -0.39 is 10.0 Å². The fraction of sp³-hybridized carbons (Fsp3) is 0.208. The average molecular weight is 531 g/mol. The number of nitrogens with zero attached hydrogens (tertiary/aromatic N) is 1. The molecule has 0 saturated heterocycles. The second kappa shape index (κ2) is 9.44. The summed E-state index contributed by atoms with van der Waals surface area (Å²) in [5.41, 5.74) is 2.43. The predicted octanol–water partition coefficient (Wildman–Crippen LogP) is 4.62. The van der Waals surface area contributed by atoms with Crippen LogP contribution < -0.4 is 19.1 Å². The summed E-state index contributed by atoms with van der Waals surface area (Å²) in [5, 5.41) is 0. The van der Waals surface area contributed by atoms with Crippen molar-refractivity contribution in [1.82, 2.24) is 0 Å². The van der Waals surface area contributed by atoms with Crippen molar-refractivity contribution in [3.8, 4) is 11.5 Å². The van der Waals surface area contributed by atoms with Crippen molar-refractivity contribution in [3.63, 3.8) is 0 Å². The van der Waals surface area contributed by atoms with Gasteiger partial charge in [-0.1, -0.05) is 15.9 Å². The Bertz CT molecular complexity index is 1260. The molecule has 0 unspecified atom stereocenters. The number of carbonyl (C=O) groups excluding carboxylic acids is 1. The van der Waals surface area contributed by atoms with E-state index in [-0.39, 0.29) is 23.5 Å². The molecule has 1 atom stereocenters. The lowest BCUT2D eigenvalue weighted by molar-refractivity contribution is -0.120. The van der Waals surface area contributed by atoms with Crippen molar-refractivity contribution in [2.75, 3.05) is 23.3 Å². The van der Waals surface area contributed by atoms with E-state index in [1.165, 1.54) is 24.3 Å². The molecule has 0 bridgehead atoms. The minimum Gasteiger partial charge on any atom is -0.497 e. The summed E-state index contributed by atoms with van der Waals surface area (Å²) in [5.74, 6) is 0.893. The Morgan fingerprint density at radius 3 is 2.39 bits per heavy atom. The quantitative estimate of drug-likeness (QED) is 0.481. The maximum atomic E-state index is 12.8. The molecule has 0 fully saturated rings. The number of amides is 1. The predicted molar refractivity (Wildman–Crippen MR) is 131 cm³/mol. The molecule has 1 aliphatic heterocycles. The van der Waals surface area contributed by atoms with E-state index in [4.69, 9.17) is 9.47 Å². The molecule has 1 amide bonds. The number of rotatable bonds is 7. The number of benzene rings is 3. The van der Waals surface area contributed by atoms with Gasteiger partial charge in [-0.3, -0.25) is 9.52 Å². The number of anilines is 2. The largest absolute Gasteiger partial charge is 0.497 e. The van der Waals surface area contributed by atoms with Crippen molar-refractivity contribution in [3.05, 3.63) is 76.8 Å². The van der Waals surface area contributed by atoms with E-state index in [2.05, 4.69) is 20.7 Å². The summed E-state index contributed by atoms with van der Waals surface area (Å²) in [6, 6.07) is 18.4. The van der Waals surface area contributed by atoms with Gasteiger partial charge in [0.25, 0.3) is 15.9 Å². The zero-order valence-corrected chi connectivity index (χ0v) is 20.5. The van der Waals surface area contributed by atoms with Crippen molar-refractivity contribution >= 4 is 43.2 Å². The maximum absolute atomic E-state index is 12.8. The first-order valence-corrected chi connectivity index (χ1v) is 12.5. The molecule has 0 spiro atoms. The Hall–Kier alpha value is -3.04. The third-order valence-electron chi connectivity index (χ3n) is 5.36. The molecule has 3 aromatic rings. The molecule has 3 aromatic carbocycles. The summed E-state index contributed by atoms with van der Waals surface area (Å²) < 4.78 is 39.5.